The molecule has 1 N–H and O–H groups in total. The lowest BCUT2D eigenvalue weighted by molar-refractivity contribution is -0.0810. The van der Waals surface area contributed by atoms with Crippen LogP contribution in [0.2, 0.25) is 0 Å². The van der Waals surface area contributed by atoms with Gasteiger partial charge in [0.2, 0.25) is 0 Å². The highest BCUT2D eigenvalue weighted by molar-refractivity contribution is 5.14. The number of nitrogens with zero attached hydrogens (tertiary/aromatic N) is 2. The predicted molar refractivity (Wildman–Crippen MR) is 83.0 cm³/mol. The zero-order chi connectivity index (χ0) is 14.9. The quantitative estimate of drug-likeness (QED) is 0.864. The Hall–Kier alpha value is -0.630. The standard InChI is InChI=1S/C17H29N3O/c1-3-15-11-21-13(2)10-20(15)16-5-4-8-17(9-16,12-18)19-14-6-7-14/h13-16,19H,3-11H2,1-2H3. The number of rotatable bonds is 4. The molecule has 2 aliphatic carbocycles. The van der Waals surface area contributed by atoms with Crippen LogP contribution in [-0.4, -0.2) is 47.8 Å². The second-order valence-corrected chi connectivity index (χ2v) is 7.27. The first-order valence-electron chi connectivity index (χ1n) is 8.72. The van der Waals surface area contributed by atoms with Gasteiger partial charge >= 0.3 is 0 Å². The van der Waals surface area contributed by atoms with Crippen LogP contribution in [0.5, 0.6) is 0 Å². The molecule has 0 aromatic rings. The van der Waals surface area contributed by atoms with Gasteiger partial charge in [0.05, 0.1) is 18.8 Å². The first kappa shape index (κ1) is 15.3. The zero-order valence-corrected chi connectivity index (χ0v) is 13.5. The van der Waals surface area contributed by atoms with Crippen LogP contribution in [0, 0.1) is 11.3 Å². The molecule has 4 heteroatoms. The lowest BCUT2D eigenvalue weighted by Gasteiger charge is -2.47. The Morgan fingerprint density at radius 2 is 2.19 bits per heavy atom. The van der Waals surface area contributed by atoms with E-state index in [1.54, 1.807) is 0 Å². The van der Waals surface area contributed by atoms with Crippen molar-refractivity contribution < 1.29 is 4.74 Å². The lowest BCUT2D eigenvalue weighted by atomic mass is 9.78. The summed E-state index contributed by atoms with van der Waals surface area (Å²) in [5.41, 5.74) is -0.274. The normalized spacial score (nSPS) is 41.7. The summed E-state index contributed by atoms with van der Waals surface area (Å²) in [6, 6.07) is 4.31. The fraction of sp³-hybridized carbons (Fsp3) is 0.941. The monoisotopic (exact) mass is 291 g/mol. The van der Waals surface area contributed by atoms with Crippen molar-refractivity contribution >= 4 is 0 Å². The van der Waals surface area contributed by atoms with E-state index in [4.69, 9.17) is 4.74 Å². The first-order valence-corrected chi connectivity index (χ1v) is 8.72. The third-order valence-corrected chi connectivity index (χ3v) is 5.45. The number of nitrogens with one attached hydrogen (secondary N) is 1. The van der Waals surface area contributed by atoms with Crippen LogP contribution >= 0.6 is 0 Å². The summed E-state index contributed by atoms with van der Waals surface area (Å²) in [6.45, 7) is 6.29. The Morgan fingerprint density at radius 1 is 1.38 bits per heavy atom. The highest BCUT2D eigenvalue weighted by Gasteiger charge is 2.43. The molecule has 4 atom stereocenters. The van der Waals surface area contributed by atoms with Crippen LogP contribution in [0.15, 0.2) is 0 Å². The zero-order valence-electron chi connectivity index (χ0n) is 13.5. The molecule has 4 nitrogen and oxygen atoms in total. The Balaban J connectivity index is 1.70. The molecule has 0 aromatic heterocycles. The van der Waals surface area contributed by atoms with Gasteiger partial charge in [0.15, 0.2) is 0 Å². The van der Waals surface area contributed by atoms with E-state index in [2.05, 4.69) is 30.1 Å². The molecule has 0 bridgehead atoms. The number of hydrogen-bond donors (Lipinski definition) is 1. The summed E-state index contributed by atoms with van der Waals surface area (Å²) in [5.74, 6) is 0. The van der Waals surface area contributed by atoms with Gasteiger partial charge in [-0.3, -0.25) is 10.2 Å². The average molecular weight is 291 g/mol. The van der Waals surface area contributed by atoms with Gasteiger partial charge < -0.3 is 4.74 Å². The van der Waals surface area contributed by atoms with E-state index < -0.39 is 0 Å². The largest absolute Gasteiger partial charge is 0.376 e. The van der Waals surface area contributed by atoms with Crippen molar-refractivity contribution in [3.05, 3.63) is 0 Å². The Bertz CT molecular complexity index is 403. The van der Waals surface area contributed by atoms with Crippen LogP contribution in [0.3, 0.4) is 0 Å². The van der Waals surface area contributed by atoms with Gasteiger partial charge in [0.25, 0.3) is 0 Å². The lowest BCUT2D eigenvalue weighted by Crippen LogP contribution is -2.59. The maximum atomic E-state index is 9.75. The minimum atomic E-state index is -0.274. The molecular formula is C17H29N3O. The maximum Gasteiger partial charge on any atom is 0.108 e. The van der Waals surface area contributed by atoms with E-state index in [0.29, 0.717) is 24.2 Å². The molecule has 118 valence electrons. The van der Waals surface area contributed by atoms with Crippen molar-refractivity contribution in [3.8, 4) is 6.07 Å². The smallest absolute Gasteiger partial charge is 0.108 e. The molecule has 0 spiro atoms. The highest BCUT2D eigenvalue weighted by atomic mass is 16.5. The van der Waals surface area contributed by atoms with Gasteiger partial charge in [-0.15, -0.1) is 0 Å². The van der Waals surface area contributed by atoms with Crippen molar-refractivity contribution in [2.45, 2.75) is 88.6 Å². The van der Waals surface area contributed by atoms with Crippen molar-refractivity contribution in [1.29, 1.82) is 5.26 Å². The topological polar surface area (TPSA) is 48.3 Å². The molecule has 2 saturated carbocycles. The maximum absolute atomic E-state index is 9.75. The van der Waals surface area contributed by atoms with Crippen molar-refractivity contribution in [1.82, 2.24) is 10.2 Å². The van der Waals surface area contributed by atoms with Crippen LogP contribution in [0.25, 0.3) is 0 Å². The molecule has 1 aliphatic heterocycles. The van der Waals surface area contributed by atoms with Gasteiger partial charge in [-0.2, -0.15) is 5.26 Å². The fourth-order valence-corrected chi connectivity index (χ4v) is 4.08. The SMILES string of the molecule is CCC1COC(C)CN1C1CCCC(C#N)(NC2CC2)C1. The summed E-state index contributed by atoms with van der Waals surface area (Å²) in [4.78, 5) is 2.65. The van der Waals surface area contributed by atoms with Crippen molar-refractivity contribution in [2.75, 3.05) is 13.2 Å². The highest BCUT2D eigenvalue weighted by Crippen LogP contribution is 2.36. The van der Waals surface area contributed by atoms with E-state index in [9.17, 15) is 5.26 Å². The number of nitriles is 1. The number of ether oxygens (including phenoxy) is 1. The van der Waals surface area contributed by atoms with Gasteiger partial charge in [0, 0.05) is 24.7 Å². The Morgan fingerprint density at radius 3 is 2.86 bits per heavy atom. The van der Waals surface area contributed by atoms with E-state index in [0.717, 1.165) is 32.4 Å². The minimum absolute atomic E-state index is 0.274. The van der Waals surface area contributed by atoms with Gasteiger partial charge in [-0.25, -0.2) is 0 Å². The predicted octanol–water partition coefficient (Wildman–Crippen LogP) is 2.44. The molecule has 4 unspecified atom stereocenters. The van der Waals surface area contributed by atoms with Gasteiger partial charge in [-0.05, 0) is 51.9 Å². The molecule has 1 heterocycles. The van der Waals surface area contributed by atoms with Crippen molar-refractivity contribution in [3.63, 3.8) is 0 Å². The molecule has 0 aromatic carbocycles. The van der Waals surface area contributed by atoms with Crippen LogP contribution in [0.4, 0.5) is 0 Å². The molecule has 21 heavy (non-hydrogen) atoms. The summed E-state index contributed by atoms with van der Waals surface area (Å²) in [5, 5.41) is 13.4. The Kier molecular flexibility index (Phi) is 4.54. The van der Waals surface area contributed by atoms with Gasteiger partial charge in [-0.1, -0.05) is 6.92 Å². The molecule has 3 fully saturated rings. The summed E-state index contributed by atoms with van der Waals surface area (Å²) in [7, 11) is 0. The van der Waals surface area contributed by atoms with E-state index in [1.807, 2.05) is 0 Å². The van der Waals surface area contributed by atoms with E-state index >= 15 is 0 Å². The summed E-state index contributed by atoms with van der Waals surface area (Å²) >= 11 is 0. The second-order valence-electron chi connectivity index (χ2n) is 7.27. The summed E-state index contributed by atoms with van der Waals surface area (Å²) < 4.78 is 5.83. The molecule has 3 aliphatic rings. The van der Waals surface area contributed by atoms with Crippen LogP contribution in [0.1, 0.15) is 58.8 Å². The van der Waals surface area contributed by atoms with E-state index in [1.165, 1.54) is 25.7 Å². The Labute approximate surface area is 128 Å². The van der Waals surface area contributed by atoms with Crippen LogP contribution < -0.4 is 5.32 Å². The number of morpholine rings is 1. The van der Waals surface area contributed by atoms with Crippen LogP contribution in [-0.2, 0) is 4.74 Å². The molecular weight excluding hydrogens is 262 g/mol. The second kappa shape index (κ2) is 6.24. The molecule has 1 saturated heterocycles. The van der Waals surface area contributed by atoms with Gasteiger partial charge in [0.1, 0.15) is 5.54 Å². The molecule has 0 amide bonds. The third-order valence-electron chi connectivity index (χ3n) is 5.45. The molecule has 0 radical (unpaired) electrons. The van der Waals surface area contributed by atoms with E-state index in [-0.39, 0.29) is 5.54 Å². The fourth-order valence-electron chi connectivity index (χ4n) is 4.08. The number of hydrogen-bond acceptors (Lipinski definition) is 4. The van der Waals surface area contributed by atoms with Crippen molar-refractivity contribution in [2.24, 2.45) is 0 Å². The first-order chi connectivity index (χ1) is 10.2. The molecule has 3 rings (SSSR count). The summed E-state index contributed by atoms with van der Waals surface area (Å²) in [6.07, 6.45) is 8.37. The third kappa shape index (κ3) is 3.41. The average Bonchev–Trinajstić information content (AvgIpc) is 3.31. The minimum Gasteiger partial charge on any atom is -0.376 e.